The third-order valence-electron chi connectivity index (χ3n) is 3.15. The van der Waals surface area contributed by atoms with Gasteiger partial charge in [-0.3, -0.25) is 0 Å². The molecule has 78 valence electrons. The van der Waals surface area contributed by atoms with E-state index >= 15 is 0 Å². The highest BCUT2D eigenvalue weighted by Crippen LogP contribution is 2.42. The third-order valence-corrected chi connectivity index (χ3v) is 4.86. The van der Waals surface area contributed by atoms with Crippen molar-refractivity contribution >= 4 is 34.5 Å². The lowest BCUT2D eigenvalue weighted by Crippen LogP contribution is -2.21. The molecule has 1 aliphatic rings. The van der Waals surface area contributed by atoms with E-state index in [0.29, 0.717) is 5.41 Å². The summed E-state index contributed by atoms with van der Waals surface area (Å²) in [5, 5.41) is 2.16. The standard InChI is InChI=1S/C11H14Cl2S/c12-8-11(3-1-2-4-11)6-9-5-10(13)14-7-9/h5,7H,1-4,6,8H2. The number of hydrogen-bond donors (Lipinski definition) is 0. The maximum atomic E-state index is 6.09. The molecular weight excluding hydrogens is 235 g/mol. The molecule has 0 N–H and O–H groups in total. The topological polar surface area (TPSA) is 0 Å². The third kappa shape index (κ3) is 2.26. The Hall–Kier alpha value is 0.280. The number of hydrogen-bond acceptors (Lipinski definition) is 1. The summed E-state index contributed by atoms with van der Waals surface area (Å²) in [5.74, 6) is 0.792. The molecule has 0 aromatic carbocycles. The number of alkyl halides is 1. The Bertz CT molecular complexity index is 300. The highest BCUT2D eigenvalue weighted by Gasteiger charge is 2.33. The quantitative estimate of drug-likeness (QED) is 0.678. The molecule has 0 radical (unpaired) electrons. The van der Waals surface area contributed by atoms with Crippen LogP contribution < -0.4 is 0 Å². The van der Waals surface area contributed by atoms with Crippen molar-refractivity contribution in [3.05, 3.63) is 21.3 Å². The molecule has 2 rings (SSSR count). The Morgan fingerprint density at radius 2 is 2.07 bits per heavy atom. The lowest BCUT2D eigenvalue weighted by Gasteiger charge is -2.25. The van der Waals surface area contributed by atoms with E-state index in [9.17, 15) is 0 Å². The van der Waals surface area contributed by atoms with Crippen molar-refractivity contribution in [3.8, 4) is 0 Å². The first-order valence-electron chi connectivity index (χ1n) is 5.03. The Kier molecular flexibility index (Phi) is 3.41. The van der Waals surface area contributed by atoms with E-state index in [4.69, 9.17) is 23.2 Å². The molecule has 0 amide bonds. The van der Waals surface area contributed by atoms with Crippen LogP contribution in [0.2, 0.25) is 4.34 Å². The molecule has 0 spiro atoms. The fourth-order valence-electron chi connectivity index (χ4n) is 2.35. The summed E-state index contributed by atoms with van der Waals surface area (Å²) in [6.45, 7) is 0. The SMILES string of the molecule is ClCC1(Cc2csc(Cl)c2)CCCC1. The first kappa shape index (κ1) is 10.8. The zero-order chi connectivity index (χ0) is 10.0. The molecule has 1 saturated carbocycles. The van der Waals surface area contributed by atoms with Crippen LogP contribution in [0.15, 0.2) is 11.4 Å². The van der Waals surface area contributed by atoms with Gasteiger partial charge in [-0.2, -0.15) is 0 Å². The highest BCUT2D eigenvalue weighted by atomic mass is 35.5. The van der Waals surface area contributed by atoms with Gasteiger partial charge in [-0.15, -0.1) is 22.9 Å². The molecule has 0 saturated heterocycles. The molecule has 1 aromatic heterocycles. The van der Waals surface area contributed by atoms with E-state index < -0.39 is 0 Å². The molecule has 0 aliphatic heterocycles. The molecular formula is C11H14Cl2S. The van der Waals surface area contributed by atoms with Crippen LogP contribution in [-0.2, 0) is 6.42 Å². The largest absolute Gasteiger partial charge is 0.132 e. The van der Waals surface area contributed by atoms with Crippen LogP contribution in [0.3, 0.4) is 0 Å². The van der Waals surface area contributed by atoms with E-state index in [1.165, 1.54) is 31.2 Å². The van der Waals surface area contributed by atoms with Crippen LogP contribution in [0.5, 0.6) is 0 Å². The number of rotatable bonds is 3. The molecule has 0 unspecified atom stereocenters. The number of halogens is 2. The summed E-state index contributed by atoms with van der Waals surface area (Å²) in [6.07, 6.45) is 6.35. The second-order valence-electron chi connectivity index (χ2n) is 4.28. The Morgan fingerprint density at radius 3 is 2.57 bits per heavy atom. The zero-order valence-electron chi connectivity index (χ0n) is 8.06. The van der Waals surface area contributed by atoms with Gasteiger partial charge in [-0.25, -0.2) is 0 Å². The van der Waals surface area contributed by atoms with E-state index in [1.54, 1.807) is 11.3 Å². The highest BCUT2D eigenvalue weighted by molar-refractivity contribution is 7.14. The van der Waals surface area contributed by atoms with E-state index in [1.807, 2.05) is 0 Å². The van der Waals surface area contributed by atoms with Crippen molar-refractivity contribution in [2.75, 3.05) is 5.88 Å². The zero-order valence-corrected chi connectivity index (χ0v) is 10.4. The van der Waals surface area contributed by atoms with Crippen molar-refractivity contribution < 1.29 is 0 Å². The van der Waals surface area contributed by atoms with Crippen molar-refractivity contribution in [1.82, 2.24) is 0 Å². The first-order valence-corrected chi connectivity index (χ1v) is 6.82. The van der Waals surface area contributed by atoms with Crippen LogP contribution in [0.4, 0.5) is 0 Å². The fourth-order valence-corrected chi connectivity index (χ4v) is 3.62. The van der Waals surface area contributed by atoms with E-state index in [-0.39, 0.29) is 0 Å². The molecule has 3 heteroatoms. The van der Waals surface area contributed by atoms with Gasteiger partial charge in [0.2, 0.25) is 0 Å². The van der Waals surface area contributed by atoms with Gasteiger partial charge in [0.25, 0.3) is 0 Å². The minimum absolute atomic E-state index is 0.367. The number of thiophene rings is 1. The predicted molar refractivity (Wildman–Crippen MR) is 64.7 cm³/mol. The normalized spacial score (nSPS) is 20.1. The lowest BCUT2D eigenvalue weighted by molar-refractivity contribution is 0.341. The first-order chi connectivity index (χ1) is 6.74. The summed E-state index contributed by atoms with van der Waals surface area (Å²) in [4.78, 5) is 0. The smallest absolute Gasteiger partial charge is 0.0931 e. The maximum Gasteiger partial charge on any atom is 0.0931 e. The minimum Gasteiger partial charge on any atom is -0.132 e. The van der Waals surface area contributed by atoms with Gasteiger partial charge in [-0.1, -0.05) is 24.4 Å². The van der Waals surface area contributed by atoms with E-state index in [2.05, 4.69) is 11.4 Å². The van der Waals surface area contributed by atoms with Crippen molar-refractivity contribution in [2.45, 2.75) is 32.1 Å². The van der Waals surface area contributed by atoms with Crippen molar-refractivity contribution in [3.63, 3.8) is 0 Å². The summed E-state index contributed by atoms with van der Waals surface area (Å²) < 4.78 is 0.891. The Labute approximate surface area is 99.2 Å². The van der Waals surface area contributed by atoms with Gasteiger partial charge in [0.1, 0.15) is 0 Å². The maximum absolute atomic E-state index is 6.09. The molecule has 0 atom stereocenters. The van der Waals surface area contributed by atoms with Gasteiger partial charge in [0.15, 0.2) is 0 Å². The lowest BCUT2D eigenvalue weighted by atomic mass is 9.83. The molecule has 1 aromatic rings. The van der Waals surface area contributed by atoms with Crippen molar-refractivity contribution in [2.24, 2.45) is 5.41 Å². The minimum atomic E-state index is 0.367. The summed E-state index contributed by atoms with van der Waals surface area (Å²) >= 11 is 13.6. The fraction of sp³-hybridized carbons (Fsp3) is 0.636. The van der Waals surface area contributed by atoms with Crippen LogP contribution >= 0.6 is 34.5 Å². The van der Waals surface area contributed by atoms with Gasteiger partial charge >= 0.3 is 0 Å². The van der Waals surface area contributed by atoms with Gasteiger partial charge < -0.3 is 0 Å². The van der Waals surface area contributed by atoms with Gasteiger partial charge in [-0.05, 0) is 41.7 Å². The molecule has 1 fully saturated rings. The van der Waals surface area contributed by atoms with Gasteiger partial charge in [0, 0.05) is 5.88 Å². The molecule has 1 heterocycles. The summed E-state index contributed by atoms with van der Waals surface area (Å²) in [6, 6.07) is 2.08. The predicted octanol–water partition coefficient (Wildman–Crippen LogP) is 4.74. The summed E-state index contributed by atoms with van der Waals surface area (Å²) in [7, 11) is 0. The second kappa shape index (κ2) is 4.42. The average Bonchev–Trinajstić information content (AvgIpc) is 2.77. The van der Waals surface area contributed by atoms with Crippen LogP contribution in [-0.4, -0.2) is 5.88 Å². The van der Waals surface area contributed by atoms with Crippen LogP contribution in [0, 0.1) is 5.41 Å². The average molecular weight is 249 g/mol. The second-order valence-corrected chi connectivity index (χ2v) is 6.09. The monoisotopic (exact) mass is 248 g/mol. The van der Waals surface area contributed by atoms with E-state index in [0.717, 1.165) is 16.6 Å². The summed E-state index contributed by atoms with van der Waals surface area (Å²) in [5.41, 5.74) is 1.73. The Morgan fingerprint density at radius 1 is 1.36 bits per heavy atom. The molecule has 0 nitrogen and oxygen atoms in total. The van der Waals surface area contributed by atoms with Crippen molar-refractivity contribution in [1.29, 1.82) is 0 Å². The van der Waals surface area contributed by atoms with Crippen LogP contribution in [0.25, 0.3) is 0 Å². The molecule has 0 bridgehead atoms. The van der Waals surface area contributed by atoms with Crippen LogP contribution in [0.1, 0.15) is 31.2 Å². The molecule has 14 heavy (non-hydrogen) atoms. The molecule has 1 aliphatic carbocycles. The Balaban J connectivity index is 2.08. The van der Waals surface area contributed by atoms with Gasteiger partial charge in [0.05, 0.1) is 4.34 Å².